The van der Waals surface area contributed by atoms with Crippen molar-refractivity contribution >= 4 is 27.7 Å². The van der Waals surface area contributed by atoms with Gasteiger partial charge in [0, 0.05) is 6.07 Å². The topological polar surface area (TPSA) is 61.8 Å². The monoisotopic (exact) mass is 318 g/mol. The Balaban J connectivity index is 2.45. The molecular weight excluding hydrogens is 311 g/mol. The summed E-state index contributed by atoms with van der Waals surface area (Å²) >= 11 is 3.03. The third-order valence-corrected chi connectivity index (χ3v) is 3.00. The van der Waals surface area contributed by atoms with Gasteiger partial charge in [-0.2, -0.15) is 0 Å². The summed E-state index contributed by atoms with van der Waals surface area (Å²) in [6, 6.07) is 1.000. The van der Waals surface area contributed by atoms with Crippen molar-refractivity contribution in [2.75, 3.05) is 13.4 Å². The molecule has 18 heavy (non-hydrogen) atoms. The second-order valence-corrected chi connectivity index (χ2v) is 4.12. The normalized spacial score (nSPS) is 12.4. The quantitative estimate of drug-likeness (QED) is 0.485. The molecule has 0 bridgehead atoms. The minimum atomic E-state index is -1.11. The van der Waals surface area contributed by atoms with Gasteiger partial charge in [-0.05, 0) is 22.9 Å². The van der Waals surface area contributed by atoms with E-state index in [1.807, 2.05) is 0 Å². The minimum Gasteiger partial charge on any atom is -0.460 e. The molecule has 1 aliphatic rings. The Morgan fingerprint density at radius 3 is 2.89 bits per heavy atom. The highest BCUT2D eigenvalue weighted by Crippen LogP contribution is 2.42. The van der Waals surface area contributed by atoms with Crippen LogP contribution < -0.4 is 9.47 Å². The first kappa shape index (κ1) is 12.8. The van der Waals surface area contributed by atoms with E-state index < -0.39 is 23.1 Å². The molecule has 0 saturated carbocycles. The van der Waals surface area contributed by atoms with E-state index in [9.17, 15) is 14.0 Å². The molecule has 1 aromatic rings. The van der Waals surface area contributed by atoms with Crippen molar-refractivity contribution in [3.8, 4) is 11.5 Å². The SMILES string of the molecule is CCOC(=O)C(=O)c1c(F)cc2c(c1Br)OCO2. The highest BCUT2D eigenvalue weighted by atomic mass is 79.9. The van der Waals surface area contributed by atoms with E-state index in [-0.39, 0.29) is 29.4 Å². The molecule has 1 aliphatic heterocycles. The number of esters is 1. The molecule has 96 valence electrons. The number of halogens is 2. The maximum absolute atomic E-state index is 13.8. The number of Topliss-reactive ketones (excluding diaryl/α,β-unsaturated/α-hetero) is 1. The third kappa shape index (κ3) is 2.05. The van der Waals surface area contributed by atoms with Gasteiger partial charge in [-0.15, -0.1) is 0 Å². The van der Waals surface area contributed by atoms with Crippen LogP contribution in [-0.4, -0.2) is 25.2 Å². The average molecular weight is 319 g/mol. The smallest absolute Gasteiger partial charge is 0.379 e. The number of ether oxygens (including phenoxy) is 3. The fraction of sp³-hybridized carbons (Fsp3) is 0.273. The molecule has 0 fully saturated rings. The van der Waals surface area contributed by atoms with Crippen molar-refractivity contribution < 1.29 is 28.2 Å². The van der Waals surface area contributed by atoms with Crippen LogP contribution in [0, 0.1) is 5.82 Å². The van der Waals surface area contributed by atoms with E-state index in [0.29, 0.717) is 0 Å². The van der Waals surface area contributed by atoms with Gasteiger partial charge in [-0.1, -0.05) is 0 Å². The van der Waals surface area contributed by atoms with Crippen LogP contribution in [0.4, 0.5) is 4.39 Å². The summed E-state index contributed by atoms with van der Waals surface area (Å²) in [4.78, 5) is 23.1. The van der Waals surface area contributed by atoms with Gasteiger partial charge in [0.1, 0.15) is 5.82 Å². The summed E-state index contributed by atoms with van der Waals surface area (Å²) in [5.41, 5.74) is -0.419. The van der Waals surface area contributed by atoms with E-state index in [4.69, 9.17) is 9.47 Å². The Labute approximate surface area is 110 Å². The molecule has 0 aromatic heterocycles. The summed E-state index contributed by atoms with van der Waals surface area (Å²) in [6.07, 6.45) is 0. The fourth-order valence-corrected chi connectivity index (χ4v) is 2.16. The van der Waals surface area contributed by atoms with Gasteiger partial charge in [0.2, 0.25) is 6.79 Å². The molecule has 0 radical (unpaired) electrons. The Hall–Kier alpha value is -1.63. The van der Waals surface area contributed by atoms with Gasteiger partial charge in [0.05, 0.1) is 16.6 Å². The van der Waals surface area contributed by atoms with Crippen LogP contribution in [0.5, 0.6) is 11.5 Å². The van der Waals surface area contributed by atoms with Gasteiger partial charge in [-0.25, -0.2) is 9.18 Å². The van der Waals surface area contributed by atoms with Gasteiger partial charge in [0.15, 0.2) is 11.5 Å². The van der Waals surface area contributed by atoms with Crippen molar-refractivity contribution in [1.82, 2.24) is 0 Å². The van der Waals surface area contributed by atoms with Gasteiger partial charge in [-0.3, -0.25) is 4.79 Å². The minimum absolute atomic E-state index is 0.0361. The number of rotatable bonds is 3. The average Bonchev–Trinajstić information content (AvgIpc) is 2.77. The Morgan fingerprint density at radius 1 is 1.50 bits per heavy atom. The predicted molar refractivity (Wildman–Crippen MR) is 61.2 cm³/mol. The molecule has 1 aromatic carbocycles. The molecule has 7 heteroatoms. The first-order valence-electron chi connectivity index (χ1n) is 5.05. The van der Waals surface area contributed by atoms with E-state index in [1.165, 1.54) is 0 Å². The van der Waals surface area contributed by atoms with E-state index in [0.717, 1.165) is 6.07 Å². The Morgan fingerprint density at radius 2 is 2.22 bits per heavy atom. The molecule has 0 atom stereocenters. The summed E-state index contributed by atoms with van der Waals surface area (Å²) in [5.74, 6) is -2.68. The maximum atomic E-state index is 13.8. The van der Waals surface area contributed by atoms with Crippen LogP contribution in [0.1, 0.15) is 17.3 Å². The third-order valence-electron chi connectivity index (χ3n) is 2.24. The zero-order valence-corrected chi connectivity index (χ0v) is 10.9. The van der Waals surface area contributed by atoms with Crippen LogP contribution in [0.3, 0.4) is 0 Å². The number of carbonyl (C=O) groups is 2. The second-order valence-electron chi connectivity index (χ2n) is 3.33. The lowest BCUT2D eigenvalue weighted by atomic mass is 10.1. The molecule has 0 spiro atoms. The molecule has 5 nitrogen and oxygen atoms in total. The van der Waals surface area contributed by atoms with Crippen molar-refractivity contribution in [3.63, 3.8) is 0 Å². The zero-order chi connectivity index (χ0) is 13.3. The molecular formula is C11H8BrFO5. The van der Waals surface area contributed by atoms with Crippen molar-refractivity contribution in [3.05, 3.63) is 21.9 Å². The molecule has 2 rings (SSSR count). The van der Waals surface area contributed by atoms with Crippen molar-refractivity contribution in [2.45, 2.75) is 6.92 Å². The summed E-state index contributed by atoms with van der Waals surface area (Å²) < 4.78 is 28.4. The molecule has 0 N–H and O–H groups in total. The lowest BCUT2D eigenvalue weighted by Gasteiger charge is -2.07. The first-order chi connectivity index (χ1) is 8.56. The molecule has 0 saturated heterocycles. The van der Waals surface area contributed by atoms with Crippen molar-refractivity contribution in [1.29, 1.82) is 0 Å². The number of hydrogen-bond donors (Lipinski definition) is 0. The van der Waals surface area contributed by atoms with Crippen LogP contribution in [-0.2, 0) is 9.53 Å². The van der Waals surface area contributed by atoms with Crippen LogP contribution >= 0.6 is 15.9 Å². The number of ketones is 1. The summed E-state index contributed by atoms with van der Waals surface area (Å²) in [5, 5.41) is 0. The van der Waals surface area contributed by atoms with Crippen LogP contribution in [0.15, 0.2) is 10.5 Å². The van der Waals surface area contributed by atoms with Crippen LogP contribution in [0.25, 0.3) is 0 Å². The van der Waals surface area contributed by atoms with Gasteiger partial charge >= 0.3 is 5.97 Å². The number of hydrogen-bond acceptors (Lipinski definition) is 5. The second kappa shape index (κ2) is 4.93. The summed E-state index contributed by atoms with van der Waals surface area (Å²) in [7, 11) is 0. The van der Waals surface area contributed by atoms with E-state index in [1.54, 1.807) is 6.92 Å². The highest BCUT2D eigenvalue weighted by molar-refractivity contribution is 9.10. The highest BCUT2D eigenvalue weighted by Gasteiger charge is 2.30. The Bertz CT molecular complexity index is 529. The number of benzene rings is 1. The number of carbonyl (C=O) groups excluding carboxylic acids is 2. The van der Waals surface area contributed by atoms with Crippen molar-refractivity contribution in [2.24, 2.45) is 0 Å². The lowest BCUT2D eigenvalue weighted by Crippen LogP contribution is -2.19. The fourth-order valence-electron chi connectivity index (χ4n) is 1.48. The van der Waals surface area contributed by atoms with Gasteiger partial charge < -0.3 is 14.2 Å². The largest absolute Gasteiger partial charge is 0.460 e. The molecule has 0 aliphatic carbocycles. The summed E-state index contributed by atoms with van der Waals surface area (Å²) in [6.45, 7) is 1.52. The number of fused-ring (bicyclic) bond motifs is 1. The Kier molecular flexibility index (Phi) is 3.51. The van der Waals surface area contributed by atoms with Crippen LogP contribution in [0.2, 0.25) is 0 Å². The molecule has 0 amide bonds. The standard InChI is InChI=1S/C11H8BrFO5/c1-2-16-11(15)9(14)7-5(13)3-6-10(8(7)12)18-4-17-6/h3H,2,4H2,1H3. The predicted octanol–water partition coefficient (Wildman–Crippen LogP) is 2.06. The van der Waals surface area contributed by atoms with E-state index in [2.05, 4.69) is 20.7 Å². The lowest BCUT2D eigenvalue weighted by molar-refractivity contribution is -0.137. The van der Waals surface area contributed by atoms with Gasteiger partial charge in [0.25, 0.3) is 5.78 Å². The first-order valence-corrected chi connectivity index (χ1v) is 5.84. The van der Waals surface area contributed by atoms with E-state index >= 15 is 0 Å². The zero-order valence-electron chi connectivity index (χ0n) is 9.29. The molecule has 1 heterocycles. The molecule has 0 unspecified atom stereocenters. The maximum Gasteiger partial charge on any atom is 0.379 e.